The molecule has 0 heterocycles. The van der Waals surface area contributed by atoms with Crippen LogP contribution in [0.15, 0.2) is 18.2 Å². The van der Waals surface area contributed by atoms with Gasteiger partial charge in [-0.25, -0.2) is 4.79 Å². The van der Waals surface area contributed by atoms with Gasteiger partial charge in [-0.15, -0.1) is 0 Å². The summed E-state index contributed by atoms with van der Waals surface area (Å²) < 4.78 is 20.5. The number of para-hydroxylation sites is 1. The Labute approximate surface area is 118 Å². The van der Waals surface area contributed by atoms with Gasteiger partial charge in [0.1, 0.15) is 12.4 Å². The minimum Gasteiger partial charge on any atom is -0.489 e. The summed E-state index contributed by atoms with van der Waals surface area (Å²) in [6.45, 7) is 3.87. The third kappa shape index (κ3) is 5.07. The summed E-state index contributed by atoms with van der Waals surface area (Å²) in [5, 5.41) is 0. The van der Waals surface area contributed by atoms with Crippen molar-refractivity contribution >= 4 is 11.7 Å². The van der Waals surface area contributed by atoms with Crippen LogP contribution in [0, 0.1) is 0 Å². The van der Waals surface area contributed by atoms with Crippen molar-refractivity contribution in [1.29, 1.82) is 0 Å². The molecule has 6 heteroatoms. The Kier molecular flexibility index (Phi) is 7.46. The number of carbonyl (C=O) groups is 1. The van der Waals surface area contributed by atoms with Crippen molar-refractivity contribution in [2.24, 2.45) is 0 Å². The van der Waals surface area contributed by atoms with E-state index in [0.29, 0.717) is 44.3 Å². The highest BCUT2D eigenvalue weighted by Gasteiger charge is 2.14. The van der Waals surface area contributed by atoms with Gasteiger partial charge in [0.05, 0.1) is 37.7 Å². The number of ether oxygens (including phenoxy) is 4. The van der Waals surface area contributed by atoms with Crippen LogP contribution in [0.2, 0.25) is 0 Å². The zero-order valence-corrected chi connectivity index (χ0v) is 11.9. The summed E-state index contributed by atoms with van der Waals surface area (Å²) in [5.74, 6) is -0.00214. The van der Waals surface area contributed by atoms with Gasteiger partial charge in [-0.05, 0) is 19.1 Å². The lowest BCUT2D eigenvalue weighted by molar-refractivity contribution is 0.0523. The normalized spacial score (nSPS) is 10.3. The largest absolute Gasteiger partial charge is 0.489 e. The second-order valence-electron chi connectivity index (χ2n) is 3.89. The quantitative estimate of drug-likeness (QED) is 0.420. The molecule has 20 heavy (non-hydrogen) atoms. The van der Waals surface area contributed by atoms with Crippen molar-refractivity contribution in [2.75, 3.05) is 45.9 Å². The SMILES string of the molecule is CCOC(=O)c1cccc(OCCOCCOC)c1N. The smallest absolute Gasteiger partial charge is 0.340 e. The number of hydrogen-bond donors (Lipinski definition) is 1. The number of esters is 1. The van der Waals surface area contributed by atoms with Crippen molar-refractivity contribution in [3.05, 3.63) is 23.8 Å². The van der Waals surface area contributed by atoms with Crippen molar-refractivity contribution < 1.29 is 23.7 Å². The van der Waals surface area contributed by atoms with Gasteiger partial charge in [0.15, 0.2) is 0 Å². The molecular formula is C14H21NO5. The topological polar surface area (TPSA) is 80.0 Å². The number of methoxy groups -OCH3 is 1. The Balaban J connectivity index is 2.50. The van der Waals surface area contributed by atoms with Crippen LogP contribution in [-0.4, -0.2) is 46.1 Å². The highest BCUT2D eigenvalue weighted by molar-refractivity contribution is 5.96. The van der Waals surface area contributed by atoms with Crippen molar-refractivity contribution in [1.82, 2.24) is 0 Å². The molecule has 0 radical (unpaired) electrons. The minimum absolute atomic E-state index is 0.280. The van der Waals surface area contributed by atoms with E-state index in [2.05, 4.69) is 0 Å². The first-order valence-corrected chi connectivity index (χ1v) is 6.45. The minimum atomic E-state index is -0.452. The zero-order valence-electron chi connectivity index (χ0n) is 11.9. The number of carbonyl (C=O) groups excluding carboxylic acids is 1. The molecule has 0 saturated heterocycles. The summed E-state index contributed by atoms with van der Waals surface area (Å²) in [6.07, 6.45) is 0. The predicted octanol–water partition coefficient (Wildman–Crippen LogP) is 1.49. The summed E-state index contributed by atoms with van der Waals surface area (Å²) >= 11 is 0. The number of hydrogen-bond acceptors (Lipinski definition) is 6. The van der Waals surface area contributed by atoms with E-state index < -0.39 is 5.97 Å². The average Bonchev–Trinajstić information content (AvgIpc) is 2.44. The Morgan fingerprint density at radius 2 is 1.95 bits per heavy atom. The Bertz CT molecular complexity index is 422. The van der Waals surface area contributed by atoms with Crippen LogP contribution in [0.3, 0.4) is 0 Å². The maximum absolute atomic E-state index is 11.7. The van der Waals surface area contributed by atoms with Crippen LogP contribution in [0.25, 0.3) is 0 Å². The molecule has 0 fully saturated rings. The van der Waals surface area contributed by atoms with Gasteiger partial charge in [-0.3, -0.25) is 0 Å². The van der Waals surface area contributed by atoms with E-state index in [9.17, 15) is 4.79 Å². The fourth-order valence-corrected chi connectivity index (χ4v) is 1.51. The molecule has 2 N–H and O–H groups in total. The fourth-order valence-electron chi connectivity index (χ4n) is 1.51. The van der Waals surface area contributed by atoms with Gasteiger partial charge < -0.3 is 24.7 Å². The van der Waals surface area contributed by atoms with E-state index in [1.165, 1.54) is 0 Å². The maximum atomic E-state index is 11.7. The molecule has 0 aliphatic rings. The fraction of sp³-hybridized carbons (Fsp3) is 0.500. The van der Waals surface area contributed by atoms with Crippen LogP contribution < -0.4 is 10.5 Å². The molecule has 0 bridgehead atoms. The highest BCUT2D eigenvalue weighted by Crippen LogP contribution is 2.25. The average molecular weight is 283 g/mol. The Morgan fingerprint density at radius 3 is 2.65 bits per heavy atom. The van der Waals surface area contributed by atoms with Gasteiger partial charge in [0.2, 0.25) is 0 Å². The first-order chi connectivity index (χ1) is 9.70. The van der Waals surface area contributed by atoms with E-state index in [4.69, 9.17) is 24.7 Å². The summed E-state index contributed by atoms with van der Waals surface area (Å²) in [7, 11) is 1.61. The first-order valence-electron chi connectivity index (χ1n) is 6.45. The van der Waals surface area contributed by atoms with E-state index in [1.54, 1.807) is 32.2 Å². The van der Waals surface area contributed by atoms with E-state index in [-0.39, 0.29) is 5.69 Å². The van der Waals surface area contributed by atoms with Crippen LogP contribution in [0.1, 0.15) is 17.3 Å². The number of nitrogen functional groups attached to an aromatic ring is 1. The molecule has 1 aromatic rings. The van der Waals surface area contributed by atoms with Gasteiger partial charge in [-0.1, -0.05) is 6.07 Å². The monoisotopic (exact) mass is 283 g/mol. The number of nitrogens with two attached hydrogens (primary N) is 1. The van der Waals surface area contributed by atoms with Gasteiger partial charge in [0.25, 0.3) is 0 Å². The molecular weight excluding hydrogens is 262 g/mol. The lowest BCUT2D eigenvalue weighted by Gasteiger charge is -2.12. The predicted molar refractivity (Wildman–Crippen MR) is 75.0 cm³/mol. The van der Waals surface area contributed by atoms with Gasteiger partial charge >= 0.3 is 5.97 Å². The zero-order chi connectivity index (χ0) is 14.8. The first kappa shape index (κ1) is 16.3. The van der Waals surface area contributed by atoms with E-state index in [0.717, 1.165) is 0 Å². The molecule has 0 unspecified atom stereocenters. The molecule has 0 aliphatic carbocycles. The molecule has 0 aromatic heterocycles. The van der Waals surface area contributed by atoms with Gasteiger partial charge in [-0.2, -0.15) is 0 Å². The summed E-state index contributed by atoms with van der Waals surface area (Å²) in [5.41, 5.74) is 6.48. The molecule has 0 amide bonds. The third-order valence-electron chi connectivity index (χ3n) is 2.48. The van der Waals surface area contributed by atoms with Crippen LogP contribution in [0.4, 0.5) is 5.69 Å². The second kappa shape index (κ2) is 9.17. The standard InChI is InChI=1S/C14H21NO5/c1-3-19-14(16)11-5-4-6-12(13(11)15)20-10-9-18-8-7-17-2/h4-6H,3,7-10,15H2,1-2H3. The van der Waals surface area contributed by atoms with Crippen LogP contribution >= 0.6 is 0 Å². The van der Waals surface area contributed by atoms with E-state index in [1.807, 2.05) is 0 Å². The lowest BCUT2D eigenvalue weighted by Crippen LogP contribution is -2.12. The number of benzene rings is 1. The third-order valence-corrected chi connectivity index (χ3v) is 2.48. The summed E-state index contributed by atoms with van der Waals surface area (Å²) in [6, 6.07) is 5.01. The number of rotatable bonds is 9. The highest BCUT2D eigenvalue weighted by atomic mass is 16.5. The summed E-state index contributed by atoms with van der Waals surface area (Å²) in [4.78, 5) is 11.7. The van der Waals surface area contributed by atoms with Crippen LogP contribution in [0.5, 0.6) is 5.75 Å². The molecule has 0 aliphatic heterocycles. The van der Waals surface area contributed by atoms with Crippen molar-refractivity contribution in [3.8, 4) is 5.75 Å². The lowest BCUT2D eigenvalue weighted by atomic mass is 10.1. The molecule has 1 rings (SSSR count). The molecule has 0 saturated carbocycles. The van der Waals surface area contributed by atoms with Crippen molar-refractivity contribution in [3.63, 3.8) is 0 Å². The van der Waals surface area contributed by atoms with Gasteiger partial charge in [0, 0.05) is 7.11 Å². The molecule has 0 spiro atoms. The Hall–Kier alpha value is -1.79. The molecule has 6 nitrogen and oxygen atoms in total. The second-order valence-corrected chi connectivity index (χ2v) is 3.89. The number of anilines is 1. The molecule has 0 atom stereocenters. The Morgan fingerprint density at radius 1 is 1.20 bits per heavy atom. The molecule has 1 aromatic carbocycles. The van der Waals surface area contributed by atoms with Crippen molar-refractivity contribution in [2.45, 2.75) is 6.92 Å². The van der Waals surface area contributed by atoms with Crippen LogP contribution in [-0.2, 0) is 14.2 Å². The molecule has 112 valence electrons. The maximum Gasteiger partial charge on any atom is 0.340 e. The van der Waals surface area contributed by atoms with E-state index >= 15 is 0 Å².